The second-order valence-electron chi connectivity index (χ2n) is 3.52. The Morgan fingerprint density at radius 1 is 1.62 bits per heavy atom. The highest BCUT2D eigenvalue weighted by atomic mass is 16.6. The molecule has 0 spiro atoms. The maximum Gasteiger partial charge on any atom is 0.394 e. The number of carboxylic acids is 1. The van der Waals surface area contributed by atoms with Crippen molar-refractivity contribution in [2.75, 3.05) is 0 Å². The predicted octanol–water partition coefficient (Wildman–Crippen LogP) is 1.55. The fourth-order valence-corrected chi connectivity index (χ4v) is 0.664. The predicted molar refractivity (Wildman–Crippen MR) is 43.8 cm³/mol. The molecule has 0 unspecified atom stereocenters. The van der Waals surface area contributed by atoms with Crippen LogP contribution < -0.4 is 4.74 Å². The molecule has 1 aromatic rings. The van der Waals surface area contributed by atoms with E-state index in [0.29, 0.717) is 0 Å². The molecule has 0 radical (unpaired) electrons. The first-order valence-corrected chi connectivity index (χ1v) is 3.76. The van der Waals surface area contributed by atoms with Crippen LogP contribution in [-0.2, 0) is 0 Å². The quantitative estimate of drug-likeness (QED) is 0.756. The van der Waals surface area contributed by atoms with Crippen LogP contribution in [0.2, 0.25) is 0 Å². The van der Waals surface area contributed by atoms with Gasteiger partial charge in [0.2, 0.25) is 0 Å². The number of rotatable bonds is 2. The Morgan fingerprint density at radius 2 is 2.23 bits per heavy atom. The molecular weight excluding hydrogens is 174 g/mol. The molecule has 72 valence electrons. The van der Waals surface area contributed by atoms with Gasteiger partial charge >= 0.3 is 12.0 Å². The average molecular weight is 185 g/mol. The summed E-state index contributed by atoms with van der Waals surface area (Å²) in [6, 6.07) is 0. The monoisotopic (exact) mass is 185 g/mol. The van der Waals surface area contributed by atoms with Crippen molar-refractivity contribution in [3.63, 3.8) is 0 Å². The van der Waals surface area contributed by atoms with Gasteiger partial charge < -0.3 is 14.3 Å². The van der Waals surface area contributed by atoms with Crippen LogP contribution in [0.15, 0.2) is 10.7 Å². The van der Waals surface area contributed by atoms with Crippen molar-refractivity contribution in [3.05, 3.63) is 12.0 Å². The van der Waals surface area contributed by atoms with Crippen molar-refractivity contribution >= 4 is 5.97 Å². The van der Waals surface area contributed by atoms with Gasteiger partial charge in [-0.25, -0.2) is 4.79 Å². The van der Waals surface area contributed by atoms with Crippen LogP contribution >= 0.6 is 0 Å². The zero-order chi connectivity index (χ0) is 10.1. The van der Waals surface area contributed by atoms with Gasteiger partial charge in [0.25, 0.3) is 0 Å². The summed E-state index contributed by atoms with van der Waals surface area (Å²) in [6.07, 6.45) is 1.02. The van der Waals surface area contributed by atoms with Crippen molar-refractivity contribution in [2.24, 2.45) is 0 Å². The third-order valence-electron chi connectivity index (χ3n) is 1.10. The van der Waals surface area contributed by atoms with E-state index in [1.54, 1.807) is 0 Å². The minimum absolute atomic E-state index is 0.0232. The fraction of sp³-hybridized carbons (Fsp3) is 0.500. The second-order valence-corrected chi connectivity index (χ2v) is 3.52. The molecule has 1 rings (SSSR count). The summed E-state index contributed by atoms with van der Waals surface area (Å²) in [6.45, 7) is 5.45. The highest BCUT2D eigenvalue weighted by molar-refractivity contribution is 5.84. The Morgan fingerprint density at radius 3 is 2.62 bits per heavy atom. The number of aromatic carboxylic acids is 1. The number of oxazole rings is 1. The lowest BCUT2D eigenvalue weighted by molar-refractivity contribution is 0.0686. The molecule has 0 amide bonds. The second kappa shape index (κ2) is 3.08. The molecule has 1 aromatic heterocycles. The van der Waals surface area contributed by atoms with E-state index in [2.05, 4.69) is 4.98 Å². The lowest BCUT2D eigenvalue weighted by Gasteiger charge is -2.16. The number of ether oxygens (including phenoxy) is 1. The van der Waals surface area contributed by atoms with Gasteiger partial charge in [-0.3, -0.25) is 0 Å². The number of carboxylic acid groups (broad SMARTS) is 1. The molecule has 0 bridgehead atoms. The lowest BCUT2D eigenvalue weighted by atomic mass is 10.2. The number of aromatic nitrogens is 1. The number of carbonyl (C=O) groups is 1. The number of hydrogen-bond acceptors (Lipinski definition) is 4. The Labute approximate surface area is 75.3 Å². The Bertz CT molecular complexity index is 310. The highest BCUT2D eigenvalue weighted by Gasteiger charge is 2.17. The molecule has 0 saturated carbocycles. The highest BCUT2D eigenvalue weighted by Crippen LogP contribution is 2.16. The van der Waals surface area contributed by atoms with Gasteiger partial charge in [-0.2, -0.15) is 4.98 Å². The van der Waals surface area contributed by atoms with Crippen LogP contribution in [0.5, 0.6) is 6.08 Å². The van der Waals surface area contributed by atoms with Crippen molar-refractivity contribution in [1.82, 2.24) is 4.98 Å². The molecule has 13 heavy (non-hydrogen) atoms. The van der Waals surface area contributed by atoms with Crippen molar-refractivity contribution < 1.29 is 19.1 Å². The van der Waals surface area contributed by atoms with Gasteiger partial charge in [0.05, 0.1) is 0 Å². The van der Waals surface area contributed by atoms with Crippen molar-refractivity contribution in [3.8, 4) is 6.08 Å². The lowest BCUT2D eigenvalue weighted by Crippen LogP contribution is -2.23. The Hall–Kier alpha value is -1.52. The average Bonchev–Trinajstić information content (AvgIpc) is 2.31. The van der Waals surface area contributed by atoms with Gasteiger partial charge in [0.15, 0.2) is 5.69 Å². The summed E-state index contributed by atoms with van der Waals surface area (Å²) in [4.78, 5) is 14.0. The minimum atomic E-state index is -1.13. The van der Waals surface area contributed by atoms with Gasteiger partial charge in [-0.1, -0.05) is 0 Å². The first-order valence-electron chi connectivity index (χ1n) is 3.76. The summed E-state index contributed by atoms with van der Waals surface area (Å²) >= 11 is 0. The third kappa shape index (κ3) is 2.77. The molecule has 1 heterocycles. The van der Waals surface area contributed by atoms with Gasteiger partial charge in [0, 0.05) is 0 Å². The van der Waals surface area contributed by atoms with Gasteiger partial charge in [-0.15, -0.1) is 0 Å². The van der Waals surface area contributed by atoms with E-state index in [-0.39, 0.29) is 11.8 Å². The molecule has 0 saturated heterocycles. The van der Waals surface area contributed by atoms with E-state index in [4.69, 9.17) is 14.3 Å². The van der Waals surface area contributed by atoms with E-state index in [0.717, 1.165) is 6.26 Å². The van der Waals surface area contributed by atoms with Crippen LogP contribution in [0.3, 0.4) is 0 Å². The fourth-order valence-electron chi connectivity index (χ4n) is 0.664. The molecule has 5 heteroatoms. The summed E-state index contributed by atoms with van der Waals surface area (Å²) in [5.74, 6) is -1.13. The van der Waals surface area contributed by atoms with E-state index in [9.17, 15) is 4.79 Å². The van der Waals surface area contributed by atoms with Crippen molar-refractivity contribution in [1.29, 1.82) is 0 Å². The maximum absolute atomic E-state index is 10.4. The largest absolute Gasteiger partial charge is 0.476 e. The zero-order valence-electron chi connectivity index (χ0n) is 7.70. The van der Waals surface area contributed by atoms with E-state index in [1.807, 2.05) is 20.8 Å². The molecule has 5 nitrogen and oxygen atoms in total. The standard InChI is InChI=1S/C8H11NO4/c1-8(2,3)13-7-9-5(4-12-7)6(10)11/h4H,1-3H3,(H,10,11). The summed E-state index contributed by atoms with van der Waals surface area (Å²) in [7, 11) is 0. The van der Waals surface area contributed by atoms with Crippen LogP contribution in [0, 0.1) is 0 Å². The van der Waals surface area contributed by atoms with Crippen LogP contribution in [0.1, 0.15) is 31.3 Å². The molecule has 0 aliphatic heterocycles. The topological polar surface area (TPSA) is 72.6 Å². The van der Waals surface area contributed by atoms with Gasteiger partial charge in [-0.05, 0) is 20.8 Å². The molecular formula is C8H11NO4. The molecule has 0 atom stereocenters. The molecule has 0 aliphatic rings. The number of hydrogen-bond donors (Lipinski definition) is 1. The minimum Gasteiger partial charge on any atom is -0.476 e. The van der Waals surface area contributed by atoms with E-state index < -0.39 is 11.6 Å². The molecule has 1 N–H and O–H groups in total. The van der Waals surface area contributed by atoms with Crippen molar-refractivity contribution in [2.45, 2.75) is 26.4 Å². The molecule has 0 aromatic carbocycles. The number of nitrogens with zero attached hydrogens (tertiary/aromatic N) is 1. The van der Waals surface area contributed by atoms with Crippen LogP contribution in [-0.4, -0.2) is 21.7 Å². The summed E-state index contributed by atoms with van der Waals surface area (Å²) in [5.41, 5.74) is -0.597. The Balaban J connectivity index is 2.75. The summed E-state index contributed by atoms with van der Waals surface area (Å²) in [5, 5.41) is 8.52. The summed E-state index contributed by atoms with van der Waals surface area (Å²) < 4.78 is 9.98. The van der Waals surface area contributed by atoms with E-state index >= 15 is 0 Å². The Kier molecular flexibility index (Phi) is 2.27. The first kappa shape index (κ1) is 9.57. The maximum atomic E-state index is 10.4. The zero-order valence-corrected chi connectivity index (χ0v) is 7.70. The van der Waals surface area contributed by atoms with Gasteiger partial charge in [0.1, 0.15) is 11.9 Å². The third-order valence-corrected chi connectivity index (χ3v) is 1.10. The normalized spacial score (nSPS) is 11.3. The van der Waals surface area contributed by atoms with Crippen LogP contribution in [0.4, 0.5) is 0 Å². The van der Waals surface area contributed by atoms with E-state index in [1.165, 1.54) is 0 Å². The van der Waals surface area contributed by atoms with Crippen LogP contribution in [0.25, 0.3) is 0 Å². The smallest absolute Gasteiger partial charge is 0.394 e. The molecule has 0 fully saturated rings. The first-order chi connectivity index (χ1) is 5.88. The SMILES string of the molecule is CC(C)(C)Oc1nc(C(=O)O)co1. The molecule has 0 aliphatic carbocycles.